The summed E-state index contributed by atoms with van der Waals surface area (Å²) in [6.07, 6.45) is 5.34. The Bertz CT molecular complexity index is 161. The quantitative estimate of drug-likeness (QED) is 0.659. The van der Waals surface area contributed by atoms with Crippen molar-refractivity contribution in [3.05, 3.63) is 0 Å². The number of nitrogens with two attached hydrogens (primary N) is 1. The van der Waals surface area contributed by atoms with Gasteiger partial charge in [0, 0.05) is 12.6 Å². The lowest BCUT2D eigenvalue weighted by atomic mass is 9.96. The maximum atomic E-state index is 6.08. The van der Waals surface area contributed by atoms with Gasteiger partial charge in [-0.05, 0) is 43.4 Å². The summed E-state index contributed by atoms with van der Waals surface area (Å²) in [7, 11) is 0. The van der Waals surface area contributed by atoms with Crippen LogP contribution in [0.25, 0.3) is 0 Å². The third-order valence-corrected chi connectivity index (χ3v) is 3.54. The van der Waals surface area contributed by atoms with E-state index in [4.69, 9.17) is 10.5 Å². The molecule has 0 amide bonds. The zero-order chi connectivity index (χ0) is 9.26. The van der Waals surface area contributed by atoms with Crippen LogP contribution in [0.1, 0.15) is 32.6 Å². The van der Waals surface area contributed by atoms with Crippen LogP contribution in [-0.4, -0.2) is 19.3 Å². The smallest absolute Gasteiger partial charge is 0.0620 e. The standard InChI is InChI=1S/C11H21NO/c1-2-3-13-7-11(12)10-5-8-4-9(8)6-10/h8-11H,2-7,12H2,1H3. The fourth-order valence-corrected chi connectivity index (χ4v) is 2.61. The predicted octanol–water partition coefficient (Wildman–Crippen LogP) is 1.79. The maximum Gasteiger partial charge on any atom is 0.0620 e. The lowest BCUT2D eigenvalue weighted by Crippen LogP contribution is -2.34. The van der Waals surface area contributed by atoms with Crippen molar-refractivity contribution in [1.29, 1.82) is 0 Å². The van der Waals surface area contributed by atoms with Crippen molar-refractivity contribution in [2.24, 2.45) is 23.5 Å². The summed E-state index contributed by atoms with van der Waals surface area (Å²) in [5.41, 5.74) is 6.08. The van der Waals surface area contributed by atoms with E-state index >= 15 is 0 Å². The number of hydrogen-bond donors (Lipinski definition) is 1. The first kappa shape index (κ1) is 9.47. The van der Waals surface area contributed by atoms with Gasteiger partial charge in [-0.3, -0.25) is 0 Å². The van der Waals surface area contributed by atoms with Crippen LogP contribution in [0.3, 0.4) is 0 Å². The van der Waals surface area contributed by atoms with Gasteiger partial charge in [-0.1, -0.05) is 6.92 Å². The molecule has 0 aliphatic heterocycles. The highest BCUT2D eigenvalue weighted by Gasteiger charge is 2.47. The van der Waals surface area contributed by atoms with E-state index < -0.39 is 0 Å². The van der Waals surface area contributed by atoms with Crippen LogP contribution >= 0.6 is 0 Å². The molecule has 13 heavy (non-hydrogen) atoms. The third-order valence-electron chi connectivity index (χ3n) is 3.54. The lowest BCUT2D eigenvalue weighted by Gasteiger charge is -2.20. The van der Waals surface area contributed by atoms with Crippen LogP contribution in [0.5, 0.6) is 0 Å². The molecule has 2 heteroatoms. The van der Waals surface area contributed by atoms with E-state index in [0.717, 1.165) is 37.4 Å². The van der Waals surface area contributed by atoms with E-state index in [1.54, 1.807) is 0 Å². The zero-order valence-electron chi connectivity index (χ0n) is 8.54. The van der Waals surface area contributed by atoms with E-state index in [2.05, 4.69) is 6.92 Å². The Morgan fingerprint density at radius 2 is 2.00 bits per heavy atom. The molecule has 0 spiro atoms. The highest BCUT2D eigenvalue weighted by molar-refractivity contribution is 4.98. The second-order valence-electron chi connectivity index (χ2n) is 4.73. The molecular weight excluding hydrogens is 162 g/mol. The third kappa shape index (κ3) is 2.23. The second kappa shape index (κ2) is 3.97. The van der Waals surface area contributed by atoms with Crippen LogP contribution < -0.4 is 5.73 Å². The molecule has 0 saturated heterocycles. The van der Waals surface area contributed by atoms with Crippen molar-refractivity contribution in [1.82, 2.24) is 0 Å². The molecule has 0 bridgehead atoms. The molecule has 2 N–H and O–H groups in total. The average molecular weight is 183 g/mol. The minimum Gasteiger partial charge on any atom is -0.380 e. The number of rotatable bonds is 5. The van der Waals surface area contributed by atoms with E-state index in [1.165, 1.54) is 19.3 Å². The SMILES string of the molecule is CCCOCC(N)C1CC2CC2C1. The van der Waals surface area contributed by atoms with Gasteiger partial charge in [0.25, 0.3) is 0 Å². The number of ether oxygens (including phenoxy) is 1. The normalized spacial score (nSPS) is 38.8. The molecule has 0 heterocycles. The Balaban J connectivity index is 1.63. The molecule has 3 atom stereocenters. The molecular formula is C11H21NO. The van der Waals surface area contributed by atoms with Gasteiger partial charge < -0.3 is 10.5 Å². The van der Waals surface area contributed by atoms with Crippen molar-refractivity contribution >= 4 is 0 Å². The van der Waals surface area contributed by atoms with Crippen LogP contribution in [0, 0.1) is 17.8 Å². The van der Waals surface area contributed by atoms with Gasteiger partial charge in [-0.25, -0.2) is 0 Å². The van der Waals surface area contributed by atoms with Gasteiger partial charge >= 0.3 is 0 Å². The van der Waals surface area contributed by atoms with Gasteiger partial charge in [-0.2, -0.15) is 0 Å². The fourth-order valence-electron chi connectivity index (χ4n) is 2.61. The van der Waals surface area contributed by atoms with Gasteiger partial charge in [0.05, 0.1) is 6.61 Å². The maximum absolute atomic E-state index is 6.08. The average Bonchev–Trinajstić information content (AvgIpc) is 2.74. The highest BCUT2D eigenvalue weighted by atomic mass is 16.5. The molecule has 3 unspecified atom stereocenters. The summed E-state index contributed by atoms with van der Waals surface area (Å²) in [4.78, 5) is 0. The molecule has 2 rings (SSSR count). The van der Waals surface area contributed by atoms with E-state index in [0.29, 0.717) is 6.04 Å². The summed E-state index contributed by atoms with van der Waals surface area (Å²) in [5.74, 6) is 2.85. The largest absolute Gasteiger partial charge is 0.380 e. The first-order valence-corrected chi connectivity index (χ1v) is 5.64. The molecule has 2 fully saturated rings. The summed E-state index contributed by atoms with van der Waals surface area (Å²) >= 11 is 0. The summed E-state index contributed by atoms with van der Waals surface area (Å²) in [6.45, 7) is 3.78. The van der Waals surface area contributed by atoms with Crippen molar-refractivity contribution in [3.8, 4) is 0 Å². The van der Waals surface area contributed by atoms with Crippen molar-refractivity contribution in [2.75, 3.05) is 13.2 Å². The Morgan fingerprint density at radius 3 is 2.62 bits per heavy atom. The summed E-state index contributed by atoms with van der Waals surface area (Å²) < 4.78 is 5.48. The first-order valence-electron chi connectivity index (χ1n) is 5.64. The van der Waals surface area contributed by atoms with E-state index in [1.807, 2.05) is 0 Å². The Kier molecular flexibility index (Phi) is 2.89. The summed E-state index contributed by atoms with van der Waals surface area (Å²) in [5, 5.41) is 0. The summed E-state index contributed by atoms with van der Waals surface area (Å²) in [6, 6.07) is 0.305. The van der Waals surface area contributed by atoms with E-state index in [-0.39, 0.29) is 0 Å². The van der Waals surface area contributed by atoms with Crippen LogP contribution in [-0.2, 0) is 4.74 Å². The topological polar surface area (TPSA) is 35.2 Å². The minimum atomic E-state index is 0.305. The zero-order valence-corrected chi connectivity index (χ0v) is 8.54. The molecule has 2 aliphatic carbocycles. The monoisotopic (exact) mass is 183 g/mol. The van der Waals surface area contributed by atoms with Crippen molar-refractivity contribution < 1.29 is 4.74 Å². The molecule has 0 radical (unpaired) electrons. The van der Waals surface area contributed by atoms with Crippen LogP contribution in [0.15, 0.2) is 0 Å². The Morgan fingerprint density at radius 1 is 1.31 bits per heavy atom. The van der Waals surface area contributed by atoms with Gasteiger partial charge in [0.15, 0.2) is 0 Å². The molecule has 0 aromatic rings. The number of hydrogen-bond acceptors (Lipinski definition) is 2. The molecule has 0 aromatic carbocycles. The minimum absolute atomic E-state index is 0.305. The lowest BCUT2D eigenvalue weighted by molar-refractivity contribution is 0.104. The van der Waals surface area contributed by atoms with Gasteiger partial charge in [0.2, 0.25) is 0 Å². The van der Waals surface area contributed by atoms with Crippen molar-refractivity contribution in [3.63, 3.8) is 0 Å². The molecule has 76 valence electrons. The Hall–Kier alpha value is -0.0800. The first-order chi connectivity index (χ1) is 6.31. The predicted molar refractivity (Wildman–Crippen MR) is 53.4 cm³/mol. The molecule has 2 saturated carbocycles. The van der Waals surface area contributed by atoms with E-state index in [9.17, 15) is 0 Å². The van der Waals surface area contributed by atoms with Crippen LogP contribution in [0.4, 0.5) is 0 Å². The van der Waals surface area contributed by atoms with Gasteiger partial charge in [0.1, 0.15) is 0 Å². The number of fused-ring (bicyclic) bond motifs is 1. The Labute approximate surface area is 80.8 Å². The fraction of sp³-hybridized carbons (Fsp3) is 1.00. The second-order valence-corrected chi connectivity index (χ2v) is 4.73. The highest BCUT2D eigenvalue weighted by Crippen LogP contribution is 2.54. The molecule has 2 aliphatic rings. The van der Waals surface area contributed by atoms with Gasteiger partial charge in [-0.15, -0.1) is 0 Å². The van der Waals surface area contributed by atoms with Crippen molar-refractivity contribution in [2.45, 2.75) is 38.6 Å². The molecule has 0 aromatic heterocycles. The van der Waals surface area contributed by atoms with Crippen LogP contribution in [0.2, 0.25) is 0 Å². The molecule has 2 nitrogen and oxygen atoms in total.